The molecule has 0 fully saturated rings. The van der Waals surface area contributed by atoms with Crippen molar-refractivity contribution >= 4 is 57.7 Å². The summed E-state index contributed by atoms with van der Waals surface area (Å²) < 4.78 is 6.12. The van der Waals surface area contributed by atoms with E-state index in [1.165, 1.54) is 4.90 Å². The second-order valence-corrected chi connectivity index (χ2v) is 12.2. The number of aryl methyl sites for hydroxylation is 1. The summed E-state index contributed by atoms with van der Waals surface area (Å²) in [4.78, 5) is 30.5. The van der Waals surface area contributed by atoms with E-state index in [0.29, 0.717) is 46.6 Å². The third kappa shape index (κ3) is 8.38. The number of hydrogen-bond acceptors (Lipinski definition) is 5. The average molecular weight is 612 g/mol. The fourth-order valence-electron chi connectivity index (χ4n) is 4.35. The minimum absolute atomic E-state index is 0.0146. The predicted molar refractivity (Wildman–Crippen MR) is 167 cm³/mol. The normalized spacial score (nSPS) is 12.6. The van der Waals surface area contributed by atoms with Gasteiger partial charge in [-0.05, 0) is 66.4 Å². The molecule has 6 nitrogen and oxygen atoms in total. The second-order valence-electron chi connectivity index (χ2n) is 10.1. The zero-order chi connectivity index (χ0) is 29.5. The average Bonchev–Trinajstić information content (AvgIpc) is 2.95. The first-order chi connectivity index (χ1) is 19.6. The van der Waals surface area contributed by atoms with Crippen molar-refractivity contribution in [3.8, 4) is 5.75 Å². The lowest BCUT2D eigenvalue weighted by Crippen LogP contribution is -2.23. The van der Waals surface area contributed by atoms with Gasteiger partial charge >= 0.3 is 5.97 Å². The number of ether oxygens (including phenoxy) is 1. The van der Waals surface area contributed by atoms with E-state index in [1.807, 2.05) is 60.7 Å². The van der Waals surface area contributed by atoms with Crippen LogP contribution in [-0.4, -0.2) is 46.7 Å². The minimum atomic E-state index is -0.825. The highest BCUT2D eigenvalue weighted by Gasteiger charge is 2.20. The molecule has 0 saturated carbocycles. The Morgan fingerprint density at radius 2 is 1.73 bits per heavy atom. The SMILES string of the molecule is CC(CSC(CCc1ccc(Cl)cc1C(=O)N(C)C)c1cccc(OCc2ccc3ccc(Cl)cc3n2)c1)C(=O)O. The monoisotopic (exact) mass is 610 g/mol. The van der Waals surface area contributed by atoms with Crippen molar-refractivity contribution in [2.75, 3.05) is 19.8 Å². The van der Waals surface area contributed by atoms with Crippen LogP contribution in [0, 0.1) is 5.92 Å². The Bertz CT molecular complexity index is 1550. The Hall–Kier alpha value is -3.26. The fourth-order valence-corrected chi connectivity index (χ4v) is 5.97. The molecular weight excluding hydrogens is 579 g/mol. The summed E-state index contributed by atoms with van der Waals surface area (Å²) in [5.41, 5.74) is 4.10. The molecule has 0 aliphatic rings. The number of carbonyl (C=O) groups excluding carboxylic acids is 1. The molecule has 2 atom stereocenters. The molecule has 1 amide bonds. The Morgan fingerprint density at radius 1 is 1.00 bits per heavy atom. The number of fused-ring (bicyclic) bond motifs is 1. The molecule has 3 aromatic carbocycles. The standard InChI is InChI=1S/C32H32Cl2N2O4S/c1-20(32(38)39)19-41-30(14-10-21-7-11-24(33)16-28(21)31(37)36(2)3)23-5-4-6-27(15-23)40-18-26-13-9-22-8-12-25(34)17-29(22)35-26/h4-9,11-13,15-17,20,30H,10,14,18-19H2,1-3H3,(H,38,39). The van der Waals surface area contributed by atoms with Crippen molar-refractivity contribution in [3.63, 3.8) is 0 Å². The van der Waals surface area contributed by atoms with E-state index >= 15 is 0 Å². The molecule has 0 aliphatic carbocycles. The van der Waals surface area contributed by atoms with Crippen LogP contribution in [0.5, 0.6) is 5.75 Å². The fraction of sp³-hybridized carbons (Fsp3) is 0.281. The molecule has 9 heteroatoms. The largest absolute Gasteiger partial charge is 0.487 e. The van der Waals surface area contributed by atoms with Gasteiger partial charge in [-0.3, -0.25) is 9.59 Å². The van der Waals surface area contributed by atoms with Crippen molar-refractivity contribution in [3.05, 3.63) is 105 Å². The number of carbonyl (C=O) groups is 2. The number of pyridine rings is 1. The molecule has 0 spiro atoms. The maximum atomic E-state index is 12.8. The summed E-state index contributed by atoms with van der Waals surface area (Å²) in [6, 6.07) is 22.8. The van der Waals surface area contributed by atoms with Crippen LogP contribution in [0.3, 0.4) is 0 Å². The number of amides is 1. The maximum Gasteiger partial charge on any atom is 0.307 e. The molecule has 214 valence electrons. The third-order valence-electron chi connectivity index (χ3n) is 6.68. The van der Waals surface area contributed by atoms with Crippen LogP contribution in [0.2, 0.25) is 10.0 Å². The number of benzene rings is 3. The van der Waals surface area contributed by atoms with Gasteiger partial charge in [0.1, 0.15) is 12.4 Å². The lowest BCUT2D eigenvalue weighted by atomic mass is 9.98. The summed E-state index contributed by atoms with van der Waals surface area (Å²) in [6.07, 6.45) is 1.32. The van der Waals surface area contributed by atoms with E-state index in [2.05, 4.69) is 4.98 Å². The quantitative estimate of drug-likeness (QED) is 0.175. The van der Waals surface area contributed by atoms with Crippen LogP contribution in [0.1, 0.15) is 45.8 Å². The minimum Gasteiger partial charge on any atom is -0.487 e. The first kappa shape index (κ1) is 30.7. The number of rotatable bonds is 12. The van der Waals surface area contributed by atoms with Crippen molar-refractivity contribution in [2.24, 2.45) is 5.92 Å². The molecule has 0 saturated heterocycles. The Balaban J connectivity index is 1.53. The number of aromatic nitrogens is 1. The summed E-state index contributed by atoms with van der Waals surface area (Å²) in [5, 5.41) is 11.6. The van der Waals surface area contributed by atoms with Gasteiger partial charge in [-0.25, -0.2) is 4.98 Å². The molecule has 1 N–H and O–H groups in total. The summed E-state index contributed by atoms with van der Waals surface area (Å²) in [7, 11) is 3.43. The molecule has 0 bridgehead atoms. The number of hydrogen-bond donors (Lipinski definition) is 1. The van der Waals surface area contributed by atoms with Gasteiger partial charge in [-0.2, -0.15) is 11.8 Å². The van der Waals surface area contributed by atoms with Crippen molar-refractivity contribution < 1.29 is 19.4 Å². The highest BCUT2D eigenvalue weighted by atomic mass is 35.5. The smallest absolute Gasteiger partial charge is 0.307 e. The molecule has 1 aromatic heterocycles. The highest BCUT2D eigenvalue weighted by Crippen LogP contribution is 2.37. The number of carboxylic acids is 1. The van der Waals surface area contributed by atoms with E-state index in [1.54, 1.807) is 44.9 Å². The molecule has 41 heavy (non-hydrogen) atoms. The number of halogens is 2. The van der Waals surface area contributed by atoms with Crippen molar-refractivity contribution in [1.29, 1.82) is 0 Å². The first-order valence-electron chi connectivity index (χ1n) is 13.2. The lowest BCUT2D eigenvalue weighted by molar-refractivity contribution is -0.140. The van der Waals surface area contributed by atoms with E-state index < -0.39 is 11.9 Å². The zero-order valence-electron chi connectivity index (χ0n) is 23.1. The van der Waals surface area contributed by atoms with Crippen LogP contribution < -0.4 is 4.74 Å². The number of thioether (sulfide) groups is 1. The van der Waals surface area contributed by atoms with Gasteiger partial charge in [-0.15, -0.1) is 0 Å². The Morgan fingerprint density at radius 3 is 2.49 bits per heavy atom. The van der Waals surface area contributed by atoms with Crippen LogP contribution in [0.4, 0.5) is 0 Å². The van der Waals surface area contributed by atoms with Crippen LogP contribution in [0.15, 0.2) is 72.8 Å². The summed E-state index contributed by atoms with van der Waals surface area (Å²) >= 11 is 13.9. The topological polar surface area (TPSA) is 79.7 Å². The Kier molecular flexibility index (Phi) is 10.5. The van der Waals surface area contributed by atoms with Crippen molar-refractivity contribution in [2.45, 2.75) is 31.6 Å². The molecule has 1 heterocycles. The zero-order valence-corrected chi connectivity index (χ0v) is 25.5. The molecular formula is C32H32Cl2N2O4S. The van der Waals surface area contributed by atoms with Gasteiger partial charge in [0, 0.05) is 46.1 Å². The Labute approximate surface area is 254 Å². The summed E-state index contributed by atoms with van der Waals surface area (Å²) in [6.45, 7) is 2.00. The molecule has 0 radical (unpaired) electrons. The lowest BCUT2D eigenvalue weighted by Gasteiger charge is -2.21. The van der Waals surface area contributed by atoms with Gasteiger partial charge < -0.3 is 14.7 Å². The van der Waals surface area contributed by atoms with E-state index in [-0.39, 0.29) is 11.2 Å². The van der Waals surface area contributed by atoms with E-state index in [9.17, 15) is 14.7 Å². The summed E-state index contributed by atoms with van der Waals surface area (Å²) in [5.74, 6) is -0.267. The van der Waals surface area contributed by atoms with Crippen LogP contribution >= 0.6 is 35.0 Å². The molecule has 4 rings (SSSR count). The number of carboxylic acid groups (broad SMARTS) is 1. The van der Waals surface area contributed by atoms with Crippen LogP contribution in [-0.2, 0) is 17.8 Å². The molecule has 4 aromatic rings. The highest BCUT2D eigenvalue weighted by molar-refractivity contribution is 7.99. The van der Waals surface area contributed by atoms with Gasteiger partial charge in [-0.1, -0.05) is 60.5 Å². The van der Waals surface area contributed by atoms with Gasteiger partial charge in [0.2, 0.25) is 0 Å². The van der Waals surface area contributed by atoms with E-state index in [4.69, 9.17) is 27.9 Å². The van der Waals surface area contributed by atoms with Gasteiger partial charge in [0.05, 0.1) is 17.1 Å². The molecule has 0 aliphatic heterocycles. The number of aliphatic carboxylic acids is 1. The maximum absolute atomic E-state index is 12.8. The second kappa shape index (κ2) is 14.1. The van der Waals surface area contributed by atoms with Gasteiger partial charge in [0.25, 0.3) is 5.91 Å². The number of nitrogens with zero attached hydrogens (tertiary/aromatic N) is 2. The third-order valence-corrected chi connectivity index (χ3v) is 8.75. The van der Waals surface area contributed by atoms with Crippen molar-refractivity contribution in [1.82, 2.24) is 9.88 Å². The van der Waals surface area contributed by atoms with Crippen LogP contribution in [0.25, 0.3) is 10.9 Å². The molecule has 2 unspecified atom stereocenters. The van der Waals surface area contributed by atoms with Gasteiger partial charge in [0.15, 0.2) is 0 Å². The predicted octanol–water partition coefficient (Wildman–Crippen LogP) is 7.95. The van der Waals surface area contributed by atoms with E-state index in [0.717, 1.165) is 27.7 Å². The first-order valence-corrected chi connectivity index (χ1v) is 15.0.